The summed E-state index contributed by atoms with van der Waals surface area (Å²) < 4.78 is 4.90. The van der Waals surface area contributed by atoms with Crippen molar-refractivity contribution in [2.75, 3.05) is 0 Å². The lowest BCUT2D eigenvalue weighted by molar-refractivity contribution is 0.0691. The van der Waals surface area contributed by atoms with Crippen LogP contribution in [0.2, 0.25) is 0 Å². The summed E-state index contributed by atoms with van der Waals surface area (Å²) in [6.45, 7) is 5.98. The van der Waals surface area contributed by atoms with Crippen molar-refractivity contribution >= 4 is 12.3 Å². The van der Waals surface area contributed by atoms with Crippen molar-refractivity contribution in [2.24, 2.45) is 5.41 Å². The van der Waals surface area contributed by atoms with Crippen molar-refractivity contribution in [3.63, 3.8) is 0 Å². The Kier molecular flexibility index (Phi) is 2.98. The fourth-order valence-corrected chi connectivity index (χ4v) is 1.44. The highest BCUT2D eigenvalue weighted by molar-refractivity contribution is 5.96. The molecule has 0 radical (unpaired) electrons. The molecule has 82 valence electrons. The average Bonchev–Trinajstić information content (AvgIpc) is 2.44. The molecule has 1 aromatic heterocycles. The molecule has 0 saturated heterocycles. The summed E-state index contributed by atoms with van der Waals surface area (Å²) in [4.78, 5) is 21.5. The maximum Gasteiger partial charge on any atom is 0.340 e. The smallest absolute Gasteiger partial charge is 0.340 e. The quantitative estimate of drug-likeness (QED) is 0.778. The zero-order valence-electron chi connectivity index (χ0n) is 9.03. The monoisotopic (exact) mass is 210 g/mol. The van der Waals surface area contributed by atoms with Gasteiger partial charge in [0.25, 0.3) is 0 Å². The molecular formula is C11H14O4. The van der Waals surface area contributed by atoms with Gasteiger partial charge in [0.2, 0.25) is 0 Å². The summed E-state index contributed by atoms with van der Waals surface area (Å²) in [5.41, 5.74) is 0.505. The molecule has 0 unspecified atom stereocenters. The van der Waals surface area contributed by atoms with E-state index in [1.165, 1.54) is 6.26 Å². The van der Waals surface area contributed by atoms with E-state index in [-0.39, 0.29) is 16.7 Å². The number of furan rings is 1. The largest absolute Gasteiger partial charge is 0.478 e. The standard InChI is InChI=1S/C11H14O4/c1-11(2,3)4-7-6-15-8(5-12)9(7)10(13)14/h5-6H,4H2,1-3H3,(H,13,14). The molecule has 0 aliphatic rings. The first-order valence-corrected chi connectivity index (χ1v) is 4.64. The first-order chi connectivity index (χ1) is 6.85. The number of rotatable bonds is 3. The van der Waals surface area contributed by atoms with Gasteiger partial charge in [-0.15, -0.1) is 0 Å². The molecule has 1 aromatic rings. The lowest BCUT2D eigenvalue weighted by Gasteiger charge is -2.16. The van der Waals surface area contributed by atoms with E-state index in [9.17, 15) is 9.59 Å². The van der Waals surface area contributed by atoms with E-state index < -0.39 is 5.97 Å². The number of aldehydes is 1. The first kappa shape index (κ1) is 11.5. The summed E-state index contributed by atoms with van der Waals surface area (Å²) in [7, 11) is 0. The van der Waals surface area contributed by atoms with Crippen LogP contribution in [-0.2, 0) is 6.42 Å². The molecule has 0 amide bonds. The molecule has 0 aliphatic carbocycles. The molecule has 0 saturated carbocycles. The Morgan fingerprint density at radius 1 is 1.53 bits per heavy atom. The van der Waals surface area contributed by atoms with Crippen LogP contribution in [0.3, 0.4) is 0 Å². The maximum atomic E-state index is 10.9. The Morgan fingerprint density at radius 2 is 2.13 bits per heavy atom. The van der Waals surface area contributed by atoms with E-state index in [1.54, 1.807) is 0 Å². The number of aromatic carboxylic acids is 1. The van der Waals surface area contributed by atoms with Crippen molar-refractivity contribution in [1.29, 1.82) is 0 Å². The van der Waals surface area contributed by atoms with Gasteiger partial charge in [-0.2, -0.15) is 0 Å². The molecule has 1 rings (SSSR count). The minimum atomic E-state index is -1.12. The van der Waals surface area contributed by atoms with Crippen LogP contribution in [0.5, 0.6) is 0 Å². The molecular weight excluding hydrogens is 196 g/mol. The Labute approximate surface area is 87.9 Å². The lowest BCUT2D eigenvalue weighted by atomic mass is 9.87. The van der Waals surface area contributed by atoms with Crippen LogP contribution in [0.4, 0.5) is 0 Å². The molecule has 0 atom stereocenters. The van der Waals surface area contributed by atoms with Gasteiger partial charge in [-0.3, -0.25) is 4.79 Å². The minimum absolute atomic E-state index is 0.0140. The van der Waals surface area contributed by atoms with Crippen LogP contribution in [0.15, 0.2) is 10.7 Å². The van der Waals surface area contributed by atoms with Crippen molar-refractivity contribution in [3.8, 4) is 0 Å². The molecule has 4 heteroatoms. The van der Waals surface area contributed by atoms with Gasteiger partial charge >= 0.3 is 5.97 Å². The number of carbonyl (C=O) groups is 2. The second-order valence-corrected chi connectivity index (χ2v) is 4.66. The number of carboxylic acid groups (broad SMARTS) is 1. The Balaban J connectivity index is 3.14. The predicted octanol–water partition coefficient (Wildman–Crippen LogP) is 2.38. The fraction of sp³-hybridized carbons (Fsp3) is 0.455. The molecule has 1 N–H and O–H groups in total. The van der Waals surface area contributed by atoms with Gasteiger partial charge in [0, 0.05) is 5.56 Å². The van der Waals surface area contributed by atoms with Gasteiger partial charge < -0.3 is 9.52 Å². The van der Waals surface area contributed by atoms with Crippen LogP contribution in [-0.4, -0.2) is 17.4 Å². The zero-order valence-corrected chi connectivity index (χ0v) is 9.03. The number of hydrogen-bond donors (Lipinski definition) is 1. The van der Waals surface area contributed by atoms with Gasteiger partial charge in [0.1, 0.15) is 5.56 Å². The van der Waals surface area contributed by atoms with Crippen molar-refractivity contribution < 1.29 is 19.1 Å². The molecule has 0 aliphatic heterocycles. The summed E-state index contributed by atoms with van der Waals surface area (Å²) in [6, 6.07) is 0. The number of carbonyl (C=O) groups excluding carboxylic acids is 1. The molecule has 15 heavy (non-hydrogen) atoms. The van der Waals surface area contributed by atoms with E-state index in [1.807, 2.05) is 20.8 Å². The van der Waals surface area contributed by atoms with Gasteiger partial charge in [0.15, 0.2) is 12.0 Å². The minimum Gasteiger partial charge on any atom is -0.478 e. The number of carboxylic acids is 1. The van der Waals surface area contributed by atoms with Gasteiger partial charge in [-0.25, -0.2) is 4.79 Å². The SMILES string of the molecule is CC(C)(C)Cc1coc(C=O)c1C(=O)O. The van der Waals surface area contributed by atoms with Crippen molar-refractivity contribution in [1.82, 2.24) is 0 Å². The van der Waals surface area contributed by atoms with Gasteiger partial charge in [-0.1, -0.05) is 20.8 Å². The normalized spacial score (nSPS) is 11.4. The van der Waals surface area contributed by atoms with Crippen LogP contribution < -0.4 is 0 Å². The summed E-state index contributed by atoms with van der Waals surface area (Å²) in [6.07, 6.45) is 2.33. The van der Waals surface area contributed by atoms with Crippen LogP contribution in [0.1, 0.15) is 47.2 Å². The zero-order chi connectivity index (χ0) is 11.6. The summed E-state index contributed by atoms with van der Waals surface area (Å²) in [5, 5.41) is 8.94. The third-order valence-electron chi connectivity index (χ3n) is 1.94. The first-order valence-electron chi connectivity index (χ1n) is 4.64. The van der Waals surface area contributed by atoms with E-state index in [0.29, 0.717) is 18.3 Å². The second kappa shape index (κ2) is 3.88. The molecule has 0 spiro atoms. The maximum absolute atomic E-state index is 10.9. The van der Waals surface area contributed by atoms with E-state index >= 15 is 0 Å². The molecule has 1 heterocycles. The van der Waals surface area contributed by atoms with Crippen molar-refractivity contribution in [3.05, 3.63) is 23.2 Å². The molecule has 4 nitrogen and oxygen atoms in total. The number of hydrogen-bond acceptors (Lipinski definition) is 3. The Hall–Kier alpha value is -1.58. The van der Waals surface area contributed by atoms with E-state index in [4.69, 9.17) is 9.52 Å². The molecule has 0 fully saturated rings. The Morgan fingerprint density at radius 3 is 2.53 bits per heavy atom. The summed E-state index contributed by atoms with van der Waals surface area (Å²) >= 11 is 0. The second-order valence-electron chi connectivity index (χ2n) is 4.66. The highest BCUT2D eigenvalue weighted by Crippen LogP contribution is 2.25. The predicted molar refractivity (Wildman–Crippen MR) is 54.2 cm³/mol. The van der Waals surface area contributed by atoms with Gasteiger partial charge in [-0.05, 0) is 11.8 Å². The van der Waals surface area contributed by atoms with Crippen molar-refractivity contribution in [2.45, 2.75) is 27.2 Å². The topological polar surface area (TPSA) is 67.5 Å². The third-order valence-corrected chi connectivity index (χ3v) is 1.94. The molecule has 0 aromatic carbocycles. The van der Waals surface area contributed by atoms with E-state index in [0.717, 1.165) is 0 Å². The van der Waals surface area contributed by atoms with Gasteiger partial charge in [0.05, 0.1) is 6.26 Å². The Bertz CT molecular complexity index is 382. The average molecular weight is 210 g/mol. The lowest BCUT2D eigenvalue weighted by Crippen LogP contribution is -2.12. The highest BCUT2D eigenvalue weighted by atomic mass is 16.4. The van der Waals surface area contributed by atoms with Crippen LogP contribution in [0, 0.1) is 5.41 Å². The van der Waals surface area contributed by atoms with Crippen LogP contribution >= 0.6 is 0 Å². The molecule has 0 bridgehead atoms. The highest BCUT2D eigenvalue weighted by Gasteiger charge is 2.23. The fourth-order valence-electron chi connectivity index (χ4n) is 1.44. The van der Waals surface area contributed by atoms with E-state index in [2.05, 4.69) is 0 Å². The summed E-state index contributed by atoms with van der Waals surface area (Å²) in [5.74, 6) is -1.23. The van der Waals surface area contributed by atoms with Crippen LogP contribution in [0.25, 0.3) is 0 Å². The third kappa shape index (κ3) is 2.68.